The Labute approximate surface area is 294 Å². The van der Waals surface area contributed by atoms with Crippen molar-refractivity contribution in [3.05, 3.63) is 95.8 Å². The van der Waals surface area contributed by atoms with E-state index in [1.54, 1.807) is 34.3 Å². The number of nitrogens with zero attached hydrogens (tertiary/aromatic N) is 5. The number of benzene rings is 2. The van der Waals surface area contributed by atoms with E-state index in [4.69, 9.17) is 5.21 Å². The molecule has 4 atom stereocenters. The predicted molar refractivity (Wildman–Crippen MR) is 190 cm³/mol. The molecule has 13 heteroatoms. The van der Waals surface area contributed by atoms with Gasteiger partial charge in [-0.05, 0) is 66.0 Å². The maximum Gasteiger partial charge on any atom is 0.321 e. The summed E-state index contributed by atoms with van der Waals surface area (Å²) in [5, 5.41) is 26.8. The number of urea groups is 1. The number of carbonyl (C=O) groups excluding carboxylic acids is 2. The van der Waals surface area contributed by atoms with Crippen molar-refractivity contribution in [2.75, 3.05) is 26.2 Å². The van der Waals surface area contributed by atoms with Gasteiger partial charge in [-0.1, -0.05) is 80.4 Å². The van der Waals surface area contributed by atoms with Gasteiger partial charge in [0.25, 0.3) is 0 Å². The van der Waals surface area contributed by atoms with Crippen molar-refractivity contribution in [2.45, 2.75) is 75.6 Å². The van der Waals surface area contributed by atoms with Crippen molar-refractivity contribution in [3.8, 4) is 0 Å². The molecule has 1 aromatic heterocycles. The van der Waals surface area contributed by atoms with E-state index < -0.39 is 28.2 Å². The first kappa shape index (κ1) is 36.9. The van der Waals surface area contributed by atoms with Crippen molar-refractivity contribution in [3.63, 3.8) is 0 Å². The Morgan fingerprint density at radius 3 is 2.42 bits per heavy atom. The monoisotopic (exact) mass is 704 g/mol. The molecule has 1 aliphatic heterocycles. The quantitative estimate of drug-likeness (QED) is 0.109. The molecule has 1 saturated heterocycles. The van der Waals surface area contributed by atoms with E-state index in [0.29, 0.717) is 31.6 Å². The molecule has 2 fully saturated rings. The third-order valence-corrected chi connectivity index (χ3v) is 11.7. The lowest BCUT2D eigenvalue weighted by atomic mass is 9.85. The summed E-state index contributed by atoms with van der Waals surface area (Å²) in [6.45, 7) is 5.16. The second-order valence-corrected chi connectivity index (χ2v) is 15.3. The van der Waals surface area contributed by atoms with Gasteiger partial charge in [0.1, 0.15) is 6.04 Å². The smallest absolute Gasteiger partial charge is 0.321 e. The van der Waals surface area contributed by atoms with Crippen LogP contribution in [0.5, 0.6) is 0 Å². The maximum atomic E-state index is 14.3. The van der Waals surface area contributed by atoms with Crippen LogP contribution in [0.3, 0.4) is 0 Å². The van der Waals surface area contributed by atoms with Crippen LogP contribution in [0.2, 0.25) is 0 Å². The number of oxime groups is 1. The van der Waals surface area contributed by atoms with Crippen LogP contribution in [-0.2, 0) is 27.8 Å². The number of aromatic nitrogens is 1. The maximum absolute atomic E-state index is 14.3. The minimum absolute atomic E-state index is 0.0583. The molecule has 268 valence electrons. The van der Waals surface area contributed by atoms with Crippen LogP contribution in [0.4, 0.5) is 4.79 Å². The highest BCUT2D eigenvalue weighted by Crippen LogP contribution is 2.30. The minimum atomic E-state index is -4.03. The molecule has 1 aliphatic carbocycles. The van der Waals surface area contributed by atoms with Crippen LogP contribution in [0.15, 0.2) is 89.2 Å². The lowest BCUT2D eigenvalue weighted by Gasteiger charge is -2.36. The van der Waals surface area contributed by atoms with Gasteiger partial charge in [0.2, 0.25) is 15.9 Å². The summed E-state index contributed by atoms with van der Waals surface area (Å²) in [6.07, 6.45) is 7.08. The van der Waals surface area contributed by atoms with Gasteiger partial charge in [0, 0.05) is 45.1 Å². The summed E-state index contributed by atoms with van der Waals surface area (Å²) < 4.78 is 29.4. The largest absolute Gasteiger partial charge is 0.411 e. The zero-order valence-electron chi connectivity index (χ0n) is 28.7. The Bertz CT molecular complexity index is 1690. The zero-order chi connectivity index (χ0) is 35.7. The zero-order valence-corrected chi connectivity index (χ0v) is 29.5. The Kier molecular flexibility index (Phi) is 12.6. The SMILES string of the molecule is CCC(C)C(C(=O)N[C@@H](Cc1ccccc1)[C@H](O)CN(CC1CCC1)S(=O)(=O)c1ccc(/C=N/O)cc1)N1CCN(Cc2cccnc2)C1=O. The summed E-state index contributed by atoms with van der Waals surface area (Å²) in [4.78, 5) is 35.5. The van der Waals surface area contributed by atoms with Gasteiger partial charge in [0.15, 0.2) is 0 Å². The molecule has 2 aromatic carbocycles. The first-order chi connectivity index (χ1) is 24.1. The van der Waals surface area contributed by atoms with Crippen molar-refractivity contribution in [1.82, 2.24) is 24.4 Å². The Hall–Kier alpha value is -4.33. The summed E-state index contributed by atoms with van der Waals surface area (Å²) in [5.74, 6) is -0.392. The number of aliphatic hydroxyl groups is 1. The number of amides is 3. The first-order valence-corrected chi connectivity index (χ1v) is 18.8. The van der Waals surface area contributed by atoms with Crippen molar-refractivity contribution in [2.24, 2.45) is 17.0 Å². The number of carbonyl (C=O) groups is 2. The Morgan fingerprint density at radius 2 is 1.80 bits per heavy atom. The van der Waals surface area contributed by atoms with E-state index in [2.05, 4.69) is 15.5 Å². The Balaban J connectivity index is 1.38. The van der Waals surface area contributed by atoms with Crippen molar-refractivity contribution in [1.29, 1.82) is 0 Å². The van der Waals surface area contributed by atoms with Gasteiger partial charge in [0.05, 0.1) is 23.3 Å². The standard InChI is InChI=1S/C37H48N6O6S/c1-3-27(2)35(43-20-19-41(37(43)46)24-31-13-8-18-38-22-31)36(45)40-33(21-28-9-5-4-6-10-28)34(44)26-42(25-30-11-7-12-30)50(48,49)32-16-14-29(15-17-32)23-39-47/h4-6,8-10,13-18,22-23,27,30,33-35,44,47H,3,7,11-12,19-21,24-26H2,1-2H3,(H,40,45)/b39-23+/t27?,33-,34+,35?/m0/s1. The van der Waals surface area contributed by atoms with Crippen molar-refractivity contribution >= 4 is 28.2 Å². The summed E-state index contributed by atoms with van der Waals surface area (Å²) in [5.41, 5.74) is 2.30. The van der Waals surface area contributed by atoms with E-state index >= 15 is 0 Å². The molecule has 0 spiro atoms. The highest BCUT2D eigenvalue weighted by Gasteiger charge is 2.41. The van der Waals surface area contributed by atoms with Gasteiger partial charge in [-0.2, -0.15) is 4.31 Å². The molecule has 12 nitrogen and oxygen atoms in total. The summed E-state index contributed by atoms with van der Waals surface area (Å²) >= 11 is 0. The lowest BCUT2D eigenvalue weighted by molar-refractivity contribution is -0.128. The number of hydrogen-bond acceptors (Lipinski definition) is 8. The summed E-state index contributed by atoms with van der Waals surface area (Å²) in [7, 11) is -4.03. The molecule has 0 radical (unpaired) electrons. The van der Waals surface area contributed by atoms with E-state index in [9.17, 15) is 23.1 Å². The third-order valence-electron chi connectivity index (χ3n) is 9.90. The van der Waals surface area contributed by atoms with Gasteiger partial charge in [-0.3, -0.25) is 9.78 Å². The molecule has 2 aliphatic rings. The van der Waals surface area contributed by atoms with E-state index in [0.717, 1.165) is 30.4 Å². The van der Waals surface area contributed by atoms with Crippen LogP contribution >= 0.6 is 0 Å². The highest BCUT2D eigenvalue weighted by atomic mass is 32.2. The topological polar surface area (TPSA) is 156 Å². The molecule has 3 N–H and O–H groups in total. The van der Waals surface area contributed by atoms with Crippen molar-refractivity contribution < 1.29 is 28.3 Å². The molecular weight excluding hydrogens is 657 g/mol. The molecule has 2 heterocycles. The molecule has 0 bridgehead atoms. The van der Waals surface area contributed by atoms with Gasteiger partial charge < -0.3 is 25.4 Å². The van der Waals surface area contributed by atoms with Gasteiger partial charge in [-0.25, -0.2) is 13.2 Å². The first-order valence-electron chi connectivity index (χ1n) is 17.3. The molecule has 1 saturated carbocycles. The average Bonchev–Trinajstić information content (AvgIpc) is 3.45. The Morgan fingerprint density at radius 1 is 1.08 bits per heavy atom. The fourth-order valence-corrected chi connectivity index (χ4v) is 8.11. The second-order valence-electron chi connectivity index (χ2n) is 13.4. The molecule has 3 amide bonds. The highest BCUT2D eigenvalue weighted by molar-refractivity contribution is 7.89. The fraction of sp³-hybridized carbons (Fsp3) is 0.459. The van der Waals surface area contributed by atoms with E-state index in [-0.39, 0.29) is 48.2 Å². The van der Waals surface area contributed by atoms with Gasteiger partial charge >= 0.3 is 6.03 Å². The number of aliphatic hydroxyl groups excluding tert-OH is 1. The molecular formula is C37H48N6O6S. The fourth-order valence-electron chi connectivity index (χ4n) is 6.58. The molecule has 50 heavy (non-hydrogen) atoms. The van der Waals surface area contributed by atoms with E-state index in [1.807, 2.05) is 56.3 Å². The molecule has 3 aromatic rings. The van der Waals surface area contributed by atoms with E-state index in [1.165, 1.54) is 22.7 Å². The van der Waals surface area contributed by atoms with Gasteiger partial charge in [-0.15, -0.1) is 0 Å². The number of sulfonamides is 1. The second kappa shape index (κ2) is 17.1. The third kappa shape index (κ3) is 9.06. The number of rotatable bonds is 17. The normalized spacial score (nSPS) is 17.9. The van der Waals surface area contributed by atoms with Crippen LogP contribution < -0.4 is 5.32 Å². The number of nitrogens with one attached hydrogen (secondary N) is 1. The summed E-state index contributed by atoms with van der Waals surface area (Å²) in [6, 6.07) is 17.3. The molecule has 2 unspecified atom stereocenters. The van der Waals surface area contributed by atoms with Crippen LogP contribution in [0.1, 0.15) is 56.2 Å². The van der Waals surface area contributed by atoms with Crippen LogP contribution in [0.25, 0.3) is 0 Å². The predicted octanol–water partition coefficient (Wildman–Crippen LogP) is 4.12. The minimum Gasteiger partial charge on any atom is -0.411 e. The average molecular weight is 705 g/mol. The number of hydrogen-bond donors (Lipinski definition) is 3. The van der Waals surface area contributed by atoms with Crippen LogP contribution in [-0.4, -0.2) is 100 Å². The lowest BCUT2D eigenvalue weighted by Crippen LogP contribution is -2.57. The molecule has 5 rings (SSSR count). The van der Waals surface area contributed by atoms with Crippen LogP contribution in [0, 0.1) is 11.8 Å². The number of pyridine rings is 1.